The van der Waals surface area contributed by atoms with Crippen molar-refractivity contribution in [2.45, 2.75) is 31.0 Å². The SMILES string of the molecule is COc1cc2nc(S(=O)(=O)c3nnc(C)n3C)c(OCC(C)C)nc2cc1Cl. The highest BCUT2D eigenvalue weighted by Gasteiger charge is 2.31. The maximum atomic E-state index is 13.2. The first-order valence-electron chi connectivity index (χ1n) is 8.44. The van der Waals surface area contributed by atoms with E-state index in [0.717, 1.165) is 0 Å². The third kappa shape index (κ3) is 3.61. The van der Waals surface area contributed by atoms with E-state index in [1.54, 1.807) is 20.0 Å². The summed E-state index contributed by atoms with van der Waals surface area (Å²) in [7, 11) is -1.11. The Kier molecular flexibility index (Phi) is 5.44. The van der Waals surface area contributed by atoms with E-state index in [1.807, 2.05) is 13.8 Å². The molecular weight excluding hydrogens is 406 g/mol. The number of rotatable bonds is 6. The monoisotopic (exact) mass is 425 g/mol. The number of hydrogen-bond acceptors (Lipinski definition) is 8. The molecule has 0 spiro atoms. The molecule has 0 aliphatic heterocycles. The highest BCUT2D eigenvalue weighted by molar-refractivity contribution is 7.91. The lowest BCUT2D eigenvalue weighted by atomic mass is 10.2. The van der Waals surface area contributed by atoms with E-state index in [2.05, 4.69) is 20.2 Å². The Morgan fingerprint density at radius 3 is 2.43 bits per heavy atom. The lowest BCUT2D eigenvalue weighted by molar-refractivity contribution is 0.253. The second kappa shape index (κ2) is 7.51. The minimum atomic E-state index is -4.13. The van der Waals surface area contributed by atoms with Crippen LogP contribution in [0.1, 0.15) is 19.7 Å². The molecule has 0 saturated heterocycles. The van der Waals surface area contributed by atoms with Crippen LogP contribution in [0.4, 0.5) is 0 Å². The molecule has 11 heteroatoms. The van der Waals surface area contributed by atoms with Crippen molar-refractivity contribution in [1.29, 1.82) is 0 Å². The molecule has 0 atom stereocenters. The zero-order valence-electron chi connectivity index (χ0n) is 16.1. The molecule has 0 fully saturated rings. The van der Waals surface area contributed by atoms with E-state index in [4.69, 9.17) is 21.1 Å². The number of benzene rings is 1. The third-order valence-electron chi connectivity index (χ3n) is 3.98. The molecule has 0 radical (unpaired) electrons. The van der Waals surface area contributed by atoms with Crippen molar-refractivity contribution in [2.75, 3.05) is 13.7 Å². The number of ether oxygens (including phenoxy) is 2. The highest BCUT2D eigenvalue weighted by atomic mass is 35.5. The minimum absolute atomic E-state index is 0.108. The van der Waals surface area contributed by atoms with Gasteiger partial charge in [-0.3, -0.25) is 0 Å². The third-order valence-corrected chi connectivity index (χ3v) is 5.88. The summed E-state index contributed by atoms with van der Waals surface area (Å²) in [5, 5.41) is 7.36. The fourth-order valence-electron chi connectivity index (χ4n) is 2.40. The quantitative estimate of drug-likeness (QED) is 0.592. The lowest BCUT2D eigenvalue weighted by Gasteiger charge is -2.13. The van der Waals surface area contributed by atoms with E-state index in [0.29, 0.717) is 27.6 Å². The van der Waals surface area contributed by atoms with E-state index in [-0.39, 0.29) is 28.6 Å². The van der Waals surface area contributed by atoms with Crippen LogP contribution in [-0.2, 0) is 16.9 Å². The van der Waals surface area contributed by atoms with Gasteiger partial charge in [-0.25, -0.2) is 18.4 Å². The normalized spacial score (nSPS) is 12.0. The topological polar surface area (TPSA) is 109 Å². The van der Waals surface area contributed by atoms with Gasteiger partial charge in [0.2, 0.25) is 5.03 Å². The van der Waals surface area contributed by atoms with Crippen molar-refractivity contribution in [2.24, 2.45) is 13.0 Å². The standard InChI is InChI=1S/C17H20ClN5O4S/c1-9(2)8-27-15-16(28(24,25)17-22-21-10(3)23(17)4)20-13-7-14(26-5)11(18)6-12(13)19-15/h6-7,9H,8H2,1-5H3. The number of hydrogen-bond donors (Lipinski definition) is 0. The summed E-state index contributed by atoms with van der Waals surface area (Å²) in [6, 6.07) is 3.08. The summed E-state index contributed by atoms with van der Waals surface area (Å²) < 4.78 is 38.7. The number of sulfone groups is 1. The smallest absolute Gasteiger partial charge is 0.264 e. The Morgan fingerprint density at radius 2 is 1.86 bits per heavy atom. The van der Waals surface area contributed by atoms with Gasteiger partial charge < -0.3 is 14.0 Å². The Bertz CT molecular complexity index is 1140. The van der Waals surface area contributed by atoms with Crippen LogP contribution in [0, 0.1) is 12.8 Å². The second-order valence-corrected chi connectivity index (χ2v) is 8.77. The predicted octanol–water partition coefficient (Wildman–Crippen LogP) is 2.60. The van der Waals surface area contributed by atoms with E-state index >= 15 is 0 Å². The van der Waals surface area contributed by atoms with E-state index in [1.165, 1.54) is 17.7 Å². The average molecular weight is 426 g/mol. The van der Waals surface area contributed by atoms with Gasteiger partial charge in [0.05, 0.1) is 29.8 Å². The van der Waals surface area contributed by atoms with Crippen LogP contribution in [0.2, 0.25) is 5.02 Å². The minimum Gasteiger partial charge on any atom is -0.495 e. The molecule has 1 aromatic carbocycles. The first-order chi connectivity index (χ1) is 13.1. The molecule has 9 nitrogen and oxygen atoms in total. The van der Waals surface area contributed by atoms with Crippen molar-refractivity contribution in [3.05, 3.63) is 23.0 Å². The van der Waals surface area contributed by atoms with E-state index < -0.39 is 9.84 Å². The second-order valence-electron chi connectivity index (χ2n) is 6.61. The average Bonchev–Trinajstić information content (AvgIpc) is 2.98. The van der Waals surface area contributed by atoms with Gasteiger partial charge in [0.15, 0.2) is 0 Å². The van der Waals surface area contributed by atoms with Gasteiger partial charge >= 0.3 is 0 Å². The first kappa shape index (κ1) is 20.3. The van der Waals surface area contributed by atoms with Gasteiger partial charge in [0.25, 0.3) is 20.9 Å². The molecule has 3 aromatic rings. The molecular formula is C17H20ClN5O4S. The molecule has 0 aliphatic carbocycles. The van der Waals surface area contributed by atoms with Crippen LogP contribution in [0.25, 0.3) is 11.0 Å². The number of aromatic nitrogens is 5. The zero-order valence-corrected chi connectivity index (χ0v) is 17.7. The Hall–Kier alpha value is -2.46. The van der Waals surface area contributed by atoms with Crippen molar-refractivity contribution in [3.8, 4) is 11.6 Å². The van der Waals surface area contributed by atoms with Gasteiger partial charge in [0, 0.05) is 13.1 Å². The van der Waals surface area contributed by atoms with Crippen LogP contribution >= 0.6 is 11.6 Å². The maximum Gasteiger partial charge on any atom is 0.264 e. The number of aryl methyl sites for hydroxylation is 1. The molecule has 0 aliphatic rings. The Morgan fingerprint density at radius 1 is 1.18 bits per heavy atom. The Labute approximate surface area is 167 Å². The summed E-state index contributed by atoms with van der Waals surface area (Å²) in [6.07, 6.45) is 0. The van der Waals surface area contributed by atoms with Crippen molar-refractivity contribution < 1.29 is 17.9 Å². The summed E-state index contributed by atoms with van der Waals surface area (Å²) in [5.41, 5.74) is 0.688. The number of methoxy groups -OCH3 is 1. The summed E-state index contributed by atoms with van der Waals surface area (Å²) in [5.74, 6) is 0.857. The van der Waals surface area contributed by atoms with Gasteiger partial charge in [-0.15, -0.1) is 10.2 Å². The van der Waals surface area contributed by atoms with Gasteiger partial charge in [0.1, 0.15) is 11.6 Å². The van der Waals surface area contributed by atoms with Gasteiger partial charge in [-0.05, 0) is 18.9 Å². The van der Waals surface area contributed by atoms with E-state index in [9.17, 15) is 8.42 Å². The van der Waals surface area contributed by atoms with Crippen molar-refractivity contribution >= 4 is 32.5 Å². The van der Waals surface area contributed by atoms with Gasteiger partial charge in [-0.2, -0.15) is 0 Å². The molecule has 28 heavy (non-hydrogen) atoms. The molecule has 150 valence electrons. The molecule has 0 amide bonds. The number of fused-ring (bicyclic) bond motifs is 1. The Balaban J connectivity index is 2.26. The fraction of sp³-hybridized carbons (Fsp3) is 0.412. The number of halogens is 1. The molecule has 2 heterocycles. The summed E-state index contributed by atoms with van der Waals surface area (Å²) in [6.45, 7) is 5.80. The predicted molar refractivity (Wildman–Crippen MR) is 103 cm³/mol. The molecule has 0 bridgehead atoms. The molecule has 2 aromatic heterocycles. The van der Waals surface area contributed by atoms with Crippen LogP contribution in [-0.4, -0.2) is 46.9 Å². The molecule has 0 N–H and O–H groups in total. The zero-order chi connectivity index (χ0) is 20.6. The number of nitrogens with zero attached hydrogens (tertiary/aromatic N) is 5. The van der Waals surface area contributed by atoms with Crippen LogP contribution < -0.4 is 9.47 Å². The lowest BCUT2D eigenvalue weighted by Crippen LogP contribution is -2.15. The maximum absolute atomic E-state index is 13.2. The molecule has 3 rings (SSSR count). The van der Waals surface area contributed by atoms with Crippen molar-refractivity contribution in [3.63, 3.8) is 0 Å². The van der Waals surface area contributed by atoms with Crippen LogP contribution in [0.3, 0.4) is 0 Å². The van der Waals surface area contributed by atoms with Crippen LogP contribution in [0.5, 0.6) is 11.6 Å². The van der Waals surface area contributed by atoms with Crippen LogP contribution in [0.15, 0.2) is 22.3 Å². The summed E-state index contributed by atoms with van der Waals surface area (Å²) >= 11 is 6.16. The highest BCUT2D eigenvalue weighted by Crippen LogP contribution is 2.33. The van der Waals surface area contributed by atoms with Gasteiger partial charge in [-0.1, -0.05) is 25.4 Å². The molecule has 0 saturated carbocycles. The fourth-order valence-corrected chi connectivity index (χ4v) is 4.01. The van der Waals surface area contributed by atoms with Crippen molar-refractivity contribution in [1.82, 2.24) is 24.7 Å². The summed E-state index contributed by atoms with van der Waals surface area (Å²) in [4.78, 5) is 8.66. The molecule has 0 unspecified atom stereocenters. The first-order valence-corrected chi connectivity index (χ1v) is 10.3. The largest absolute Gasteiger partial charge is 0.495 e.